The summed E-state index contributed by atoms with van der Waals surface area (Å²) in [4.78, 5) is 11.9. The zero-order valence-electron chi connectivity index (χ0n) is 11.8. The number of hydrogen-bond donors (Lipinski definition) is 1. The Morgan fingerprint density at radius 3 is 2.33 bits per heavy atom. The van der Waals surface area contributed by atoms with Crippen molar-refractivity contribution >= 4 is 52.5 Å². The summed E-state index contributed by atoms with van der Waals surface area (Å²) in [5.74, 6) is -0.590. The highest BCUT2D eigenvalue weighted by Gasteiger charge is 2.30. The maximum absolute atomic E-state index is 12.7. The van der Waals surface area contributed by atoms with Crippen LogP contribution >= 0.6 is 34.8 Å². The molecular formula is C16H9Cl3F3NO. The third-order valence-corrected chi connectivity index (χ3v) is 3.83. The standard InChI is InChI=1S/C16H9Cl3F3NO/c17-11-3-5-13(19)14(8-11)23-15(24)6-1-9-7-10(16(20,21)22)2-4-12(9)18/h1-8H,(H,23,24)/b6-1+. The summed E-state index contributed by atoms with van der Waals surface area (Å²) < 4.78 is 38.1. The molecule has 0 atom stereocenters. The van der Waals surface area contributed by atoms with Gasteiger partial charge in [-0.2, -0.15) is 13.2 Å². The monoisotopic (exact) mass is 393 g/mol. The molecular weight excluding hydrogens is 386 g/mol. The van der Waals surface area contributed by atoms with Gasteiger partial charge in [-0.15, -0.1) is 0 Å². The Labute approximate surface area is 150 Å². The second-order valence-corrected chi connectivity index (χ2v) is 5.93. The molecule has 1 amide bonds. The molecule has 0 saturated carbocycles. The Kier molecular flexibility index (Phi) is 5.80. The van der Waals surface area contributed by atoms with E-state index in [0.29, 0.717) is 5.02 Å². The average molecular weight is 395 g/mol. The van der Waals surface area contributed by atoms with Gasteiger partial charge in [0.15, 0.2) is 0 Å². The Morgan fingerprint density at radius 1 is 1.00 bits per heavy atom. The number of hydrogen-bond acceptors (Lipinski definition) is 1. The molecule has 24 heavy (non-hydrogen) atoms. The van der Waals surface area contributed by atoms with E-state index in [2.05, 4.69) is 5.32 Å². The lowest BCUT2D eigenvalue weighted by Gasteiger charge is -2.08. The fourth-order valence-electron chi connectivity index (χ4n) is 1.78. The molecule has 0 aromatic heterocycles. The van der Waals surface area contributed by atoms with Crippen LogP contribution in [0.25, 0.3) is 6.08 Å². The smallest absolute Gasteiger partial charge is 0.321 e. The Balaban J connectivity index is 2.18. The lowest BCUT2D eigenvalue weighted by Crippen LogP contribution is -2.08. The SMILES string of the molecule is O=C(/C=C/c1cc(C(F)(F)F)ccc1Cl)Nc1cc(Cl)ccc1Cl. The van der Waals surface area contributed by atoms with Crippen molar-refractivity contribution in [2.24, 2.45) is 0 Å². The minimum absolute atomic E-state index is 0.0684. The van der Waals surface area contributed by atoms with Crippen LogP contribution in [0.2, 0.25) is 15.1 Å². The van der Waals surface area contributed by atoms with Gasteiger partial charge < -0.3 is 5.32 Å². The van der Waals surface area contributed by atoms with Crippen LogP contribution in [0.4, 0.5) is 18.9 Å². The summed E-state index contributed by atoms with van der Waals surface area (Å²) in [7, 11) is 0. The Hall–Kier alpha value is -1.69. The van der Waals surface area contributed by atoms with Crippen LogP contribution in [-0.4, -0.2) is 5.91 Å². The van der Waals surface area contributed by atoms with E-state index >= 15 is 0 Å². The Morgan fingerprint density at radius 2 is 1.67 bits per heavy atom. The predicted molar refractivity (Wildman–Crippen MR) is 90.6 cm³/mol. The number of benzene rings is 2. The van der Waals surface area contributed by atoms with E-state index in [-0.39, 0.29) is 21.3 Å². The molecule has 0 spiro atoms. The van der Waals surface area contributed by atoms with Gasteiger partial charge >= 0.3 is 6.18 Å². The maximum Gasteiger partial charge on any atom is 0.416 e. The molecule has 2 aromatic carbocycles. The minimum atomic E-state index is -4.50. The third-order valence-electron chi connectivity index (χ3n) is 2.92. The molecule has 0 aliphatic rings. The first-order valence-corrected chi connectivity index (χ1v) is 7.61. The van der Waals surface area contributed by atoms with E-state index in [1.165, 1.54) is 18.2 Å². The molecule has 0 aliphatic carbocycles. The van der Waals surface area contributed by atoms with Crippen molar-refractivity contribution in [3.63, 3.8) is 0 Å². The van der Waals surface area contributed by atoms with Crippen molar-refractivity contribution in [2.75, 3.05) is 5.32 Å². The second kappa shape index (κ2) is 7.47. The molecule has 2 aromatic rings. The molecule has 0 fully saturated rings. The number of alkyl halides is 3. The molecule has 0 radical (unpaired) electrons. The molecule has 0 unspecified atom stereocenters. The number of anilines is 1. The lowest BCUT2D eigenvalue weighted by atomic mass is 10.1. The predicted octanol–water partition coefficient (Wildman–Crippen LogP) is 6.32. The molecule has 0 bridgehead atoms. The van der Waals surface area contributed by atoms with Crippen LogP contribution in [0.3, 0.4) is 0 Å². The summed E-state index contributed by atoms with van der Waals surface area (Å²) in [5, 5.41) is 3.22. The number of rotatable bonds is 3. The fraction of sp³-hybridized carbons (Fsp3) is 0.0625. The molecule has 126 valence electrons. The third kappa shape index (κ3) is 4.90. The van der Waals surface area contributed by atoms with Crippen molar-refractivity contribution < 1.29 is 18.0 Å². The molecule has 0 heterocycles. The van der Waals surface area contributed by atoms with E-state index in [9.17, 15) is 18.0 Å². The van der Waals surface area contributed by atoms with Gasteiger partial charge in [0.2, 0.25) is 5.91 Å². The van der Waals surface area contributed by atoms with Gasteiger partial charge in [-0.3, -0.25) is 4.79 Å². The minimum Gasteiger partial charge on any atom is -0.321 e. The van der Waals surface area contributed by atoms with E-state index in [1.807, 2.05) is 0 Å². The normalized spacial score (nSPS) is 11.8. The number of nitrogens with one attached hydrogen (secondary N) is 1. The Bertz CT molecular complexity index is 804. The zero-order valence-corrected chi connectivity index (χ0v) is 14.1. The van der Waals surface area contributed by atoms with Crippen molar-refractivity contribution in [3.8, 4) is 0 Å². The van der Waals surface area contributed by atoms with Gasteiger partial charge in [0.1, 0.15) is 0 Å². The van der Waals surface area contributed by atoms with E-state index in [1.54, 1.807) is 6.07 Å². The number of halogens is 6. The summed E-state index contributed by atoms with van der Waals surface area (Å²) >= 11 is 17.6. The average Bonchev–Trinajstić information content (AvgIpc) is 2.49. The van der Waals surface area contributed by atoms with Crippen LogP contribution in [0.5, 0.6) is 0 Å². The first-order valence-electron chi connectivity index (χ1n) is 6.47. The second-order valence-electron chi connectivity index (χ2n) is 4.68. The van der Waals surface area contributed by atoms with Gasteiger partial charge in [0.25, 0.3) is 0 Å². The van der Waals surface area contributed by atoms with Crippen LogP contribution < -0.4 is 5.32 Å². The highest BCUT2D eigenvalue weighted by Crippen LogP contribution is 2.32. The molecule has 8 heteroatoms. The first kappa shape index (κ1) is 18.6. The molecule has 0 aliphatic heterocycles. The quantitative estimate of drug-likeness (QED) is 0.607. The van der Waals surface area contributed by atoms with E-state index in [0.717, 1.165) is 24.3 Å². The summed E-state index contributed by atoms with van der Waals surface area (Å²) in [6.07, 6.45) is -2.26. The van der Waals surface area contributed by atoms with Gasteiger partial charge in [-0.1, -0.05) is 34.8 Å². The summed E-state index contributed by atoms with van der Waals surface area (Å²) in [6.45, 7) is 0. The van der Waals surface area contributed by atoms with Gasteiger partial charge in [0, 0.05) is 16.1 Å². The molecule has 1 N–H and O–H groups in total. The van der Waals surface area contributed by atoms with Crippen molar-refractivity contribution in [3.05, 3.63) is 68.7 Å². The molecule has 0 saturated heterocycles. The summed E-state index contributed by atoms with van der Waals surface area (Å²) in [6, 6.07) is 7.36. The number of carbonyl (C=O) groups excluding carboxylic acids is 1. The van der Waals surface area contributed by atoms with Crippen molar-refractivity contribution in [2.45, 2.75) is 6.18 Å². The van der Waals surface area contributed by atoms with Crippen LogP contribution in [0.1, 0.15) is 11.1 Å². The van der Waals surface area contributed by atoms with Gasteiger partial charge in [-0.25, -0.2) is 0 Å². The largest absolute Gasteiger partial charge is 0.416 e. The number of carbonyl (C=O) groups is 1. The van der Waals surface area contributed by atoms with Crippen LogP contribution in [0.15, 0.2) is 42.5 Å². The van der Waals surface area contributed by atoms with Gasteiger partial charge in [0.05, 0.1) is 16.3 Å². The fourth-order valence-corrected chi connectivity index (χ4v) is 2.30. The maximum atomic E-state index is 12.7. The van der Waals surface area contributed by atoms with Crippen LogP contribution in [0, 0.1) is 0 Å². The topological polar surface area (TPSA) is 29.1 Å². The number of amides is 1. The summed E-state index contributed by atoms with van der Waals surface area (Å²) in [5.41, 5.74) is -0.502. The van der Waals surface area contributed by atoms with Crippen LogP contribution in [-0.2, 0) is 11.0 Å². The van der Waals surface area contributed by atoms with Crippen molar-refractivity contribution in [1.29, 1.82) is 0 Å². The molecule has 2 nitrogen and oxygen atoms in total. The highest BCUT2D eigenvalue weighted by molar-refractivity contribution is 6.36. The van der Waals surface area contributed by atoms with E-state index in [4.69, 9.17) is 34.8 Å². The van der Waals surface area contributed by atoms with Gasteiger partial charge in [-0.05, 0) is 48.0 Å². The van der Waals surface area contributed by atoms with Crippen molar-refractivity contribution in [1.82, 2.24) is 0 Å². The lowest BCUT2D eigenvalue weighted by molar-refractivity contribution is -0.137. The first-order chi connectivity index (χ1) is 11.2. The zero-order chi connectivity index (χ0) is 17.9. The van der Waals surface area contributed by atoms with E-state index < -0.39 is 17.6 Å². The highest BCUT2D eigenvalue weighted by atomic mass is 35.5. The molecule has 2 rings (SSSR count).